The number of rotatable bonds is 5. The van der Waals surface area contributed by atoms with E-state index < -0.39 is 36.5 Å². The van der Waals surface area contributed by atoms with Crippen molar-refractivity contribution in [2.75, 3.05) is 12.9 Å². The Morgan fingerprint density at radius 1 is 1.30 bits per heavy atom. The van der Waals surface area contributed by atoms with E-state index in [4.69, 9.17) is 14.6 Å². The van der Waals surface area contributed by atoms with Crippen LogP contribution >= 0.6 is 11.8 Å². The summed E-state index contributed by atoms with van der Waals surface area (Å²) in [6.07, 6.45) is 0.126. The normalized spacial score (nSPS) is 22.7. The monoisotopic (exact) mass is 431 g/mol. The fourth-order valence-electron chi connectivity index (χ4n) is 2.79. The number of hydrogen-bond acceptors (Lipinski definition) is 8. The van der Waals surface area contributed by atoms with Gasteiger partial charge in [-0.2, -0.15) is 0 Å². The van der Waals surface area contributed by atoms with Gasteiger partial charge in [-0.3, -0.25) is 0 Å². The Morgan fingerprint density at radius 2 is 1.96 bits per heavy atom. The molecule has 11 heteroatoms. The van der Waals surface area contributed by atoms with E-state index in [-0.39, 0.29) is 27.7 Å². The number of fused-ring (bicyclic) bond motifs is 1. The van der Waals surface area contributed by atoms with E-state index in [1.54, 1.807) is 30.3 Å². The first-order valence-corrected chi connectivity index (χ1v) is 11.9. The van der Waals surface area contributed by atoms with Crippen molar-refractivity contribution >= 4 is 37.6 Å². The zero-order valence-corrected chi connectivity index (χ0v) is 16.6. The van der Waals surface area contributed by atoms with Crippen LogP contribution in [0.1, 0.15) is 18.1 Å². The number of nitrogens with two attached hydrogens (primary N) is 1. The first-order valence-electron chi connectivity index (χ1n) is 7.78. The zero-order chi connectivity index (χ0) is 19.8. The van der Waals surface area contributed by atoms with Crippen molar-refractivity contribution in [1.82, 2.24) is 0 Å². The number of esters is 1. The highest BCUT2D eigenvalue weighted by Crippen LogP contribution is 2.46. The fraction of sp³-hybridized carbons (Fsp3) is 0.312. The summed E-state index contributed by atoms with van der Waals surface area (Å²) in [5, 5.41) is 5.11. The number of methoxy groups -OCH3 is 1. The van der Waals surface area contributed by atoms with E-state index in [1.165, 1.54) is 7.11 Å². The Kier molecular flexibility index (Phi) is 5.50. The lowest BCUT2D eigenvalue weighted by atomic mass is 10.1. The van der Waals surface area contributed by atoms with E-state index in [1.807, 2.05) is 0 Å². The molecule has 0 amide bonds. The number of carbonyl (C=O) groups excluding carboxylic acids is 1. The molecule has 0 saturated carbocycles. The van der Waals surface area contributed by atoms with Gasteiger partial charge in [0.25, 0.3) is 0 Å². The molecule has 8 nitrogen and oxygen atoms in total. The molecule has 0 aromatic heterocycles. The minimum Gasteiger partial charge on any atom is -0.428 e. The van der Waals surface area contributed by atoms with Crippen molar-refractivity contribution in [3.8, 4) is 0 Å². The summed E-state index contributed by atoms with van der Waals surface area (Å²) in [4.78, 5) is 12.6. The second-order valence-electron chi connectivity index (χ2n) is 5.90. The second kappa shape index (κ2) is 7.40. The molecular formula is C16H17NO7S3. The lowest BCUT2D eigenvalue weighted by molar-refractivity contribution is -0.151. The predicted octanol–water partition coefficient (Wildman–Crippen LogP) is 1.19. The lowest BCUT2D eigenvalue weighted by Gasteiger charge is -2.23. The van der Waals surface area contributed by atoms with Gasteiger partial charge < -0.3 is 9.47 Å². The number of primary sulfonamides is 1. The highest BCUT2D eigenvalue weighted by molar-refractivity contribution is 8.24. The summed E-state index contributed by atoms with van der Waals surface area (Å²) in [5.74, 6) is -0.860. The Labute approximate surface area is 161 Å². The van der Waals surface area contributed by atoms with Crippen LogP contribution in [0.15, 0.2) is 52.0 Å². The largest absolute Gasteiger partial charge is 0.428 e. The summed E-state index contributed by atoms with van der Waals surface area (Å²) in [7, 11) is -6.30. The number of carbonyl (C=O) groups is 1. The standard InChI is InChI=1S/C16H17NO7S3/c1-23-14(10-5-3-2-4-6-10)15(18)24-12-7-8-26(19,20)16-11(12)9-13(25-16)27(17,21)22/h2-6,9,14,16H,7-8H2,1H3,(H2,17,21,22)/t14?,16-/m1/s1. The van der Waals surface area contributed by atoms with Gasteiger partial charge in [0.15, 0.2) is 15.9 Å². The van der Waals surface area contributed by atoms with Gasteiger partial charge in [0.2, 0.25) is 10.0 Å². The molecule has 0 saturated heterocycles. The molecule has 0 spiro atoms. The summed E-state index contributed by atoms with van der Waals surface area (Å²) >= 11 is 0.630. The van der Waals surface area contributed by atoms with Crippen LogP contribution in [0.3, 0.4) is 0 Å². The molecule has 1 aromatic rings. The van der Waals surface area contributed by atoms with Gasteiger partial charge in [0, 0.05) is 19.1 Å². The van der Waals surface area contributed by atoms with Crippen molar-refractivity contribution in [2.45, 2.75) is 17.1 Å². The number of allylic oxidation sites excluding steroid dienone is 2. The van der Waals surface area contributed by atoms with Gasteiger partial charge in [0.1, 0.15) is 14.6 Å². The lowest BCUT2D eigenvalue weighted by Crippen LogP contribution is -2.29. The smallest absolute Gasteiger partial charge is 0.344 e. The minimum absolute atomic E-state index is 0.0416. The van der Waals surface area contributed by atoms with E-state index in [0.29, 0.717) is 17.3 Å². The Hall–Kier alpha value is -1.66. The molecule has 2 atom stereocenters. The van der Waals surface area contributed by atoms with Crippen LogP contribution in [0.5, 0.6) is 0 Å². The highest BCUT2D eigenvalue weighted by atomic mass is 32.3. The van der Waals surface area contributed by atoms with Gasteiger partial charge in [-0.05, 0) is 11.6 Å². The Balaban J connectivity index is 1.95. The van der Waals surface area contributed by atoms with Gasteiger partial charge >= 0.3 is 5.97 Å². The minimum atomic E-state index is -4.07. The van der Waals surface area contributed by atoms with Crippen molar-refractivity contribution in [3.05, 3.63) is 57.5 Å². The molecular weight excluding hydrogens is 414 g/mol. The first kappa shape index (κ1) is 20.1. The van der Waals surface area contributed by atoms with E-state index >= 15 is 0 Å². The quantitative estimate of drug-likeness (QED) is 0.688. The predicted molar refractivity (Wildman–Crippen MR) is 100 cm³/mol. The van der Waals surface area contributed by atoms with Crippen LogP contribution in [-0.2, 0) is 34.1 Å². The van der Waals surface area contributed by atoms with Crippen LogP contribution in [0.2, 0.25) is 0 Å². The molecule has 0 aliphatic carbocycles. The average Bonchev–Trinajstić information content (AvgIpc) is 3.07. The third kappa shape index (κ3) is 4.11. The fourth-order valence-corrected chi connectivity index (χ4v) is 7.28. The van der Waals surface area contributed by atoms with Crippen LogP contribution in [0.4, 0.5) is 0 Å². The highest BCUT2D eigenvalue weighted by Gasteiger charge is 2.43. The van der Waals surface area contributed by atoms with Gasteiger partial charge in [-0.1, -0.05) is 42.1 Å². The Bertz CT molecular complexity index is 1030. The number of benzene rings is 1. The maximum absolute atomic E-state index is 12.6. The molecule has 146 valence electrons. The molecule has 27 heavy (non-hydrogen) atoms. The molecule has 2 N–H and O–H groups in total. The van der Waals surface area contributed by atoms with Crippen LogP contribution in [0, 0.1) is 0 Å². The number of thioether (sulfide) groups is 1. The van der Waals surface area contributed by atoms with Crippen molar-refractivity contribution in [2.24, 2.45) is 5.14 Å². The van der Waals surface area contributed by atoms with Crippen LogP contribution in [0.25, 0.3) is 0 Å². The van der Waals surface area contributed by atoms with Gasteiger partial charge in [0.05, 0.1) is 5.75 Å². The Morgan fingerprint density at radius 3 is 2.56 bits per heavy atom. The third-order valence-corrected chi connectivity index (χ3v) is 9.40. The van der Waals surface area contributed by atoms with Crippen molar-refractivity contribution in [3.63, 3.8) is 0 Å². The molecule has 3 rings (SSSR count). The van der Waals surface area contributed by atoms with Gasteiger partial charge in [-0.15, -0.1) is 0 Å². The average molecular weight is 432 g/mol. The van der Waals surface area contributed by atoms with Crippen LogP contribution in [-0.4, -0.2) is 40.2 Å². The maximum atomic E-state index is 12.6. The molecule has 2 aliphatic rings. The van der Waals surface area contributed by atoms with Crippen LogP contribution < -0.4 is 5.14 Å². The summed E-state index contributed by atoms with van der Waals surface area (Å²) in [6, 6.07) is 8.68. The number of sulfonamides is 1. The SMILES string of the molecule is COC(C(=O)OC1=C2C=C(S(N)(=O)=O)S[C@@H]2S(=O)(=O)CC1)c1ccccc1. The van der Waals surface area contributed by atoms with Crippen molar-refractivity contribution < 1.29 is 31.1 Å². The molecule has 0 fully saturated rings. The maximum Gasteiger partial charge on any atom is 0.344 e. The topological polar surface area (TPSA) is 130 Å². The molecule has 1 unspecified atom stereocenters. The molecule has 0 bridgehead atoms. The van der Waals surface area contributed by atoms with Gasteiger partial charge in [-0.25, -0.2) is 26.8 Å². The van der Waals surface area contributed by atoms with E-state index in [9.17, 15) is 21.6 Å². The molecule has 0 radical (unpaired) electrons. The number of hydrogen-bond donors (Lipinski definition) is 1. The summed E-state index contributed by atoms with van der Waals surface area (Å²) in [5.41, 5.74) is 0.712. The number of ether oxygens (including phenoxy) is 2. The summed E-state index contributed by atoms with van der Waals surface area (Å²) in [6.45, 7) is 0. The summed E-state index contributed by atoms with van der Waals surface area (Å²) < 4.78 is 57.0. The molecule has 1 aromatic carbocycles. The molecule has 2 aliphatic heterocycles. The third-order valence-electron chi connectivity index (χ3n) is 4.07. The zero-order valence-electron chi connectivity index (χ0n) is 14.2. The second-order valence-corrected chi connectivity index (χ2v) is 11.3. The van der Waals surface area contributed by atoms with E-state index in [2.05, 4.69) is 0 Å². The van der Waals surface area contributed by atoms with Crippen molar-refractivity contribution in [1.29, 1.82) is 0 Å². The first-order chi connectivity index (χ1) is 12.6. The molecule has 2 heterocycles. The van der Waals surface area contributed by atoms with E-state index in [0.717, 1.165) is 6.08 Å². The number of sulfone groups is 1.